The summed E-state index contributed by atoms with van der Waals surface area (Å²) in [5.74, 6) is -2.18. The Balaban J connectivity index is 0.00000171. The maximum Gasteiger partial charge on any atom is 1.00 e. The molecule has 0 aliphatic carbocycles. The molecule has 1 aromatic carbocycles. The van der Waals surface area contributed by atoms with Crippen LogP contribution >= 0.6 is 0 Å². The van der Waals surface area contributed by atoms with Crippen LogP contribution in [-0.2, 0) is 19.1 Å². The Hall–Kier alpha value is -2.96. The molecule has 2 saturated heterocycles. The van der Waals surface area contributed by atoms with Gasteiger partial charge in [0, 0.05) is 5.69 Å². The van der Waals surface area contributed by atoms with Crippen molar-refractivity contribution >= 4 is 29.7 Å². The van der Waals surface area contributed by atoms with Crippen molar-refractivity contribution in [1.29, 1.82) is 0 Å². The van der Waals surface area contributed by atoms with Gasteiger partial charge in [-0.1, -0.05) is 0 Å². The van der Waals surface area contributed by atoms with Gasteiger partial charge in [0.2, 0.25) is 0 Å². The monoisotopic (exact) mass is 428 g/mol. The van der Waals surface area contributed by atoms with Crippen LogP contribution in [0.1, 0.15) is 1.43 Å². The molecule has 154 valence electrons. The molecule has 1 aromatic rings. The SMILES string of the molecule is NC(=O)OCC1=C(C(=O)O)N2C(=O)[C@@H]3[C@H]2[C@@H](CN3C(=O)Nc2ccc(O)cc2)O1.[H-].[Na+]. The number of urea groups is 1. The molecule has 30 heavy (non-hydrogen) atoms. The number of nitrogens with zero attached hydrogens (tertiary/aromatic N) is 2. The van der Waals surface area contributed by atoms with Crippen LogP contribution < -0.4 is 40.6 Å². The zero-order chi connectivity index (χ0) is 20.9. The predicted molar refractivity (Wildman–Crippen MR) is 94.4 cm³/mol. The number of nitrogens with one attached hydrogen (secondary N) is 1. The number of amides is 4. The smallest absolute Gasteiger partial charge is 1.00 e. The first kappa shape index (κ1) is 21.7. The summed E-state index contributed by atoms with van der Waals surface area (Å²) >= 11 is 0. The molecule has 4 amide bonds. The number of ether oxygens (including phenoxy) is 2. The number of nitrogens with two attached hydrogens (primary N) is 1. The van der Waals surface area contributed by atoms with E-state index in [1.165, 1.54) is 29.2 Å². The summed E-state index contributed by atoms with van der Waals surface area (Å²) in [6.45, 7) is -0.525. The van der Waals surface area contributed by atoms with E-state index in [1.54, 1.807) is 0 Å². The number of hydrogen-bond donors (Lipinski definition) is 4. The zero-order valence-corrected chi connectivity index (χ0v) is 17.8. The van der Waals surface area contributed by atoms with Crippen LogP contribution in [0, 0.1) is 0 Å². The minimum absolute atomic E-state index is 0. The van der Waals surface area contributed by atoms with E-state index in [2.05, 4.69) is 10.1 Å². The first-order valence-corrected chi connectivity index (χ1v) is 8.53. The van der Waals surface area contributed by atoms with Crippen molar-refractivity contribution in [3.8, 4) is 5.75 Å². The van der Waals surface area contributed by atoms with Gasteiger partial charge in [0.1, 0.15) is 23.9 Å². The molecule has 0 spiro atoms. The molecule has 3 aliphatic rings. The van der Waals surface area contributed by atoms with Crippen molar-refractivity contribution in [3.63, 3.8) is 0 Å². The molecule has 3 aliphatic heterocycles. The number of β-lactam (4-membered cyclic amide) rings is 1. The number of anilines is 1. The molecule has 2 fully saturated rings. The molecule has 13 heteroatoms. The van der Waals surface area contributed by atoms with Crippen LogP contribution in [-0.4, -0.2) is 75.4 Å². The van der Waals surface area contributed by atoms with E-state index in [-0.39, 0.29) is 49.0 Å². The number of aromatic hydroxyl groups is 1. The van der Waals surface area contributed by atoms with Crippen LogP contribution in [0.3, 0.4) is 0 Å². The van der Waals surface area contributed by atoms with E-state index in [4.69, 9.17) is 10.5 Å². The number of phenolic OH excluding ortho intramolecular Hbond substituents is 1. The summed E-state index contributed by atoms with van der Waals surface area (Å²) in [4.78, 5) is 50.1. The molecule has 0 unspecified atom stereocenters. The van der Waals surface area contributed by atoms with Gasteiger partial charge in [-0.3, -0.25) is 9.69 Å². The van der Waals surface area contributed by atoms with Crippen LogP contribution in [0.25, 0.3) is 0 Å². The molecule has 5 N–H and O–H groups in total. The fraction of sp³-hybridized carbons (Fsp3) is 0.294. The molecule has 0 saturated carbocycles. The zero-order valence-electron chi connectivity index (χ0n) is 16.8. The Labute approximate surface area is 193 Å². The average Bonchev–Trinajstić information content (AvgIpc) is 3.03. The van der Waals surface area contributed by atoms with E-state index in [0.29, 0.717) is 5.69 Å². The van der Waals surface area contributed by atoms with Crippen LogP contribution in [0.4, 0.5) is 15.3 Å². The van der Waals surface area contributed by atoms with Gasteiger partial charge >= 0.3 is 47.7 Å². The van der Waals surface area contributed by atoms with Gasteiger partial charge < -0.3 is 37.1 Å². The third kappa shape index (κ3) is 3.53. The third-order valence-corrected chi connectivity index (χ3v) is 4.93. The Kier molecular flexibility index (Phi) is 5.83. The number of benzene rings is 1. The molecule has 0 radical (unpaired) electrons. The number of hydrogen-bond acceptors (Lipinski definition) is 7. The van der Waals surface area contributed by atoms with Gasteiger partial charge in [0.15, 0.2) is 18.1 Å². The van der Waals surface area contributed by atoms with E-state index >= 15 is 0 Å². The Bertz CT molecular complexity index is 956. The van der Waals surface area contributed by atoms with Gasteiger partial charge in [-0.2, -0.15) is 0 Å². The second-order valence-corrected chi connectivity index (χ2v) is 6.61. The molecular weight excluding hydrogens is 411 g/mol. The first-order valence-electron chi connectivity index (χ1n) is 8.53. The minimum atomic E-state index is -1.43. The Morgan fingerprint density at radius 1 is 1.30 bits per heavy atom. The van der Waals surface area contributed by atoms with Gasteiger partial charge in [-0.05, 0) is 24.3 Å². The Morgan fingerprint density at radius 3 is 2.57 bits per heavy atom. The van der Waals surface area contributed by atoms with Crippen LogP contribution in [0.15, 0.2) is 35.7 Å². The third-order valence-electron chi connectivity index (χ3n) is 4.93. The summed E-state index contributed by atoms with van der Waals surface area (Å²) in [5.41, 5.74) is 4.88. The number of carboxylic acids is 1. The second kappa shape index (κ2) is 8.05. The van der Waals surface area contributed by atoms with Gasteiger partial charge in [0.25, 0.3) is 5.91 Å². The van der Waals surface area contributed by atoms with Crippen molar-refractivity contribution in [3.05, 3.63) is 35.7 Å². The van der Waals surface area contributed by atoms with E-state index in [0.717, 1.165) is 4.90 Å². The van der Waals surface area contributed by atoms with Gasteiger partial charge in [-0.15, -0.1) is 0 Å². The summed E-state index contributed by atoms with van der Waals surface area (Å²) in [7, 11) is 0. The number of phenols is 1. The number of carbonyl (C=O) groups is 4. The van der Waals surface area contributed by atoms with E-state index < -0.39 is 54.5 Å². The van der Waals surface area contributed by atoms with Crippen molar-refractivity contribution < 1.29 is 69.8 Å². The summed E-state index contributed by atoms with van der Waals surface area (Å²) < 4.78 is 10.3. The quantitative estimate of drug-likeness (QED) is 0.220. The van der Waals surface area contributed by atoms with Crippen molar-refractivity contribution in [1.82, 2.24) is 9.80 Å². The molecule has 0 aromatic heterocycles. The van der Waals surface area contributed by atoms with Crippen LogP contribution in [0.5, 0.6) is 5.75 Å². The van der Waals surface area contributed by atoms with Gasteiger partial charge in [0.05, 0.1) is 6.54 Å². The predicted octanol–water partition coefficient (Wildman–Crippen LogP) is -3.27. The topological polar surface area (TPSA) is 172 Å². The van der Waals surface area contributed by atoms with Crippen molar-refractivity contribution in [2.75, 3.05) is 18.5 Å². The number of primary amides is 1. The molecule has 3 heterocycles. The van der Waals surface area contributed by atoms with Crippen molar-refractivity contribution in [2.24, 2.45) is 5.73 Å². The largest absolute Gasteiger partial charge is 1.00 e. The summed E-state index contributed by atoms with van der Waals surface area (Å²) in [6.07, 6.45) is -1.81. The van der Waals surface area contributed by atoms with E-state index in [9.17, 15) is 29.4 Å². The average molecular weight is 428 g/mol. The maximum absolute atomic E-state index is 12.6. The minimum Gasteiger partial charge on any atom is -1.00 e. The van der Waals surface area contributed by atoms with Gasteiger partial charge in [-0.25, -0.2) is 14.4 Å². The molecular formula is C17H17N4NaO8. The number of rotatable bonds is 4. The number of likely N-dealkylation sites (tertiary alicyclic amines) is 1. The van der Waals surface area contributed by atoms with E-state index in [1.807, 2.05) is 0 Å². The molecule has 12 nitrogen and oxygen atoms in total. The number of carboxylic acid groups (broad SMARTS) is 1. The summed E-state index contributed by atoms with van der Waals surface area (Å²) in [6, 6.07) is 3.68. The standard InChI is InChI=1S/C17H16N4O8.Na.H/c18-16(26)28-6-10-12(15(24)25)21-11-9(29-10)5-20(13(11)14(21)23)17(27)19-7-1-3-8(22)4-2-7;;/h1-4,9,11,13,22H,5-6H2,(H2,18,26)(H,19,27)(H,24,25);;/q;+1;-1/t9-,11-,13+;;/m1../s1. The number of carbonyl (C=O) groups excluding carboxylic acids is 3. The first-order chi connectivity index (χ1) is 13.8. The maximum atomic E-state index is 12.6. The number of aliphatic carboxylic acids is 1. The van der Waals surface area contributed by atoms with Crippen molar-refractivity contribution in [2.45, 2.75) is 18.2 Å². The normalized spacial score (nSPS) is 23.6. The molecule has 3 atom stereocenters. The Morgan fingerprint density at radius 2 is 1.97 bits per heavy atom. The second-order valence-electron chi connectivity index (χ2n) is 6.61. The fourth-order valence-corrected chi connectivity index (χ4v) is 3.75. The molecule has 0 bridgehead atoms. The fourth-order valence-electron chi connectivity index (χ4n) is 3.75. The summed E-state index contributed by atoms with van der Waals surface area (Å²) in [5, 5.41) is 21.4. The van der Waals surface area contributed by atoms with Crippen LogP contribution in [0.2, 0.25) is 0 Å². The molecule has 4 rings (SSSR count).